The lowest BCUT2D eigenvalue weighted by molar-refractivity contribution is 0.0990. The second kappa shape index (κ2) is 5.15. The second-order valence-corrected chi connectivity index (χ2v) is 8.05. The number of aromatic nitrogens is 2. The zero-order valence-corrected chi connectivity index (χ0v) is 14.7. The van der Waals surface area contributed by atoms with Gasteiger partial charge in [-0.2, -0.15) is 0 Å². The number of rotatable bonds is 1. The van der Waals surface area contributed by atoms with Gasteiger partial charge < -0.3 is 0 Å². The van der Waals surface area contributed by atoms with Gasteiger partial charge in [-0.3, -0.25) is 9.59 Å². The number of hydrogen-bond acceptors (Lipinski definition) is 6. The van der Waals surface area contributed by atoms with Crippen LogP contribution in [-0.2, 0) is 0 Å². The predicted molar refractivity (Wildman–Crippen MR) is 101 cm³/mol. The molecule has 0 bridgehead atoms. The minimum atomic E-state index is -0.228. The molecule has 5 rings (SSSR count). The van der Waals surface area contributed by atoms with Crippen molar-refractivity contribution < 1.29 is 9.59 Å². The van der Waals surface area contributed by atoms with E-state index in [4.69, 9.17) is 0 Å². The zero-order chi connectivity index (χ0) is 17.1. The summed E-state index contributed by atoms with van der Waals surface area (Å²) >= 11 is 2.91. The molecule has 120 valence electrons. The highest BCUT2D eigenvalue weighted by atomic mass is 32.1. The minimum Gasteiger partial charge on any atom is -0.288 e. The molecule has 0 unspecified atom stereocenters. The van der Waals surface area contributed by atoms with Crippen LogP contribution in [0.3, 0.4) is 0 Å². The highest BCUT2D eigenvalue weighted by Gasteiger charge is 2.33. The Bertz CT molecular complexity index is 1160. The number of thiazole rings is 2. The monoisotopic (exact) mass is 362 g/mol. The summed E-state index contributed by atoms with van der Waals surface area (Å²) < 4.78 is 0. The first kappa shape index (κ1) is 14.6. The van der Waals surface area contributed by atoms with E-state index in [0.29, 0.717) is 16.1 Å². The number of hydrogen-bond donors (Lipinski definition) is 0. The normalized spacial score (nSPS) is 13.9. The molecule has 0 spiro atoms. The SMILES string of the molecule is Cc1nc2sc(C=C3C(=O)c4cc5ccccc5cc4C3=O)nc2s1. The van der Waals surface area contributed by atoms with Crippen LogP contribution in [0.1, 0.15) is 30.7 Å². The first-order valence-electron chi connectivity index (χ1n) is 7.68. The van der Waals surface area contributed by atoms with Crippen molar-refractivity contribution in [3.8, 4) is 0 Å². The Morgan fingerprint density at radius 3 is 2.08 bits per heavy atom. The number of fused-ring (bicyclic) bond motifs is 3. The molecule has 4 nitrogen and oxygen atoms in total. The Morgan fingerprint density at radius 2 is 1.48 bits per heavy atom. The maximum absolute atomic E-state index is 12.7. The summed E-state index contributed by atoms with van der Waals surface area (Å²) in [5.41, 5.74) is 1.13. The van der Waals surface area contributed by atoms with Crippen LogP contribution in [-0.4, -0.2) is 21.5 Å². The number of benzene rings is 2. The first-order chi connectivity index (χ1) is 12.1. The third-order valence-electron chi connectivity index (χ3n) is 4.23. The summed E-state index contributed by atoms with van der Waals surface area (Å²) in [6.45, 7) is 1.93. The van der Waals surface area contributed by atoms with Gasteiger partial charge >= 0.3 is 0 Å². The van der Waals surface area contributed by atoms with Gasteiger partial charge in [-0.25, -0.2) is 9.97 Å². The standard InChI is InChI=1S/C19H10N2O2S2/c1-9-20-18-19(24-9)21-15(25-18)8-14-16(22)12-6-10-4-2-3-5-11(10)7-13(12)17(14)23/h2-8H,1H3. The van der Waals surface area contributed by atoms with E-state index in [-0.39, 0.29) is 17.1 Å². The van der Waals surface area contributed by atoms with Gasteiger partial charge in [0.15, 0.2) is 21.2 Å². The summed E-state index contributed by atoms with van der Waals surface area (Å²) in [4.78, 5) is 36.0. The van der Waals surface area contributed by atoms with Gasteiger partial charge in [0.25, 0.3) is 0 Å². The molecule has 1 aliphatic carbocycles. The van der Waals surface area contributed by atoms with Gasteiger partial charge in [0, 0.05) is 11.1 Å². The van der Waals surface area contributed by atoms with Gasteiger partial charge in [0.1, 0.15) is 5.01 Å². The molecule has 2 heterocycles. The molecule has 0 aliphatic heterocycles. The highest BCUT2D eigenvalue weighted by molar-refractivity contribution is 7.26. The lowest BCUT2D eigenvalue weighted by Gasteiger charge is -2.00. The van der Waals surface area contributed by atoms with E-state index in [1.54, 1.807) is 18.2 Å². The van der Waals surface area contributed by atoms with Crippen molar-refractivity contribution in [2.24, 2.45) is 0 Å². The van der Waals surface area contributed by atoms with Crippen molar-refractivity contribution in [1.29, 1.82) is 0 Å². The predicted octanol–water partition coefficient (Wildman–Crippen LogP) is 4.68. The third-order valence-corrected chi connectivity index (χ3v) is 6.12. The van der Waals surface area contributed by atoms with Gasteiger partial charge in [-0.05, 0) is 35.9 Å². The molecule has 25 heavy (non-hydrogen) atoms. The van der Waals surface area contributed by atoms with Crippen LogP contribution < -0.4 is 0 Å². The fraction of sp³-hybridized carbons (Fsp3) is 0.0526. The number of aryl methyl sites for hydroxylation is 1. The molecule has 0 N–H and O–H groups in total. The van der Waals surface area contributed by atoms with Crippen molar-refractivity contribution in [2.45, 2.75) is 6.92 Å². The van der Waals surface area contributed by atoms with Gasteiger partial charge in [0.2, 0.25) is 0 Å². The molecule has 1 aliphatic rings. The second-order valence-electron chi connectivity index (χ2n) is 5.86. The summed E-state index contributed by atoms with van der Waals surface area (Å²) in [6, 6.07) is 11.3. The van der Waals surface area contributed by atoms with E-state index in [1.165, 1.54) is 22.7 Å². The number of ketones is 2. The van der Waals surface area contributed by atoms with Crippen LogP contribution in [0.4, 0.5) is 0 Å². The van der Waals surface area contributed by atoms with Gasteiger partial charge in [0.05, 0.1) is 10.6 Å². The van der Waals surface area contributed by atoms with E-state index in [9.17, 15) is 9.59 Å². The van der Waals surface area contributed by atoms with Crippen molar-refractivity contribution >= 4 is 60.7 Å². The molecule has 2 aromatic carbocycles. The van der Waals surface area contributed by atoms with Crippen molar-refractivity contribution in [2.75, 3.05) is 0 Å². The Morgan fingerprint density at radius 1 is 0.880 bits per heavy atom. The van der Waals surface area contributed by atoms with E-state index in [0.717, 1.165) is 25.4 Å². The van der Waals surface area contributed by atoms with Crippen molar-refractivity contribution in [1.82, 2.24) is 9.97 Å². The number of nitrogens with zero attached hydrogens (tertiary/aromatic N) is 2. The topological polar surface area (TPSA) is 59.9 Å². The Labute approximate surface area is 150 Å². The largest absolute Gasteiger partial charge is 0.288 e. The molecule has 0 radical (unpaired) electrons. The Hall–Kier alpha value is -2.70. The molecule has 2 aromatic heterocycles. The Balaban J connectivity index is 1.64. The van der Waals surface area contributed by atoms with Crippen molar-refractivity contribution in [3.63, 3.8) is 0 Å². The number of carbonyl (C=O) groups excluding carboxylic acids is 2. The first-order valence-corrected chi connectivity index (χ1v) is 9.31. The summed E-state index contributed by atoms with van der Waals surface area (Å²) in [5.74, 6) is -0.457. The van der Waals surface area contributed by atoms with Crippen LogP contribution in [0.15, 0.2) is 42.0 Å². The van der Waals surface area contributed by atoms with Crippen LogP contribution in [0.5, 0.6) is 0 Å². The van der Waals surface area contributed by atoms with Crippen LogP contribution >= 0.6 is 22.7 Å². The molecular weight excluding hydrogens is 352 g/mol. The van der Waals surface area contributed by atoms with Gasteiger partial charge in [-0.15, -0.1) is 0 Å². The van der Waals surface area contributed by atoms with Gasteiger partial charge in [-0.1, -0.05) is 46.9 Å². The number of carbonyl (C=O) groups is 2. The molecule has 6 heteroatoms. The van der Waals surface area contributed by atoms with E-state index < -0.39 is 0 Å². The molecule has 4 aromatic rings. The third kappa shape index (κ3) is 2.18. The lowest BCUT2D eigenvalue weighted by atomic mass is 10.0. The van der Waals surface area contributed by atoms with E-state index in [1.807, 2.05) is 31.2 Å². The van der Waals surface area contributed by atoms with E-state index in [2.05, 4.69) is 9.97 Å². The van der Waals surface area contributed by atoms with Crippen LogP contribution in [0, 0.1) is 6.92 Å². The summed E-state index contributed by atoms with van der Waals surface area (Å²) in [6.07, 6.45) is 1.60. The maximum Gasteiger partial charge on any atom is 0.197 e. The zero-order valence-electron chi connectivity index (χ0n) is 13.1. The number of Topliss-reactive ketones (excluding diaryl/α,β-unsaturated/α-hetero) is 2. The molecular formula is C19H10N2O2S2. The quantitative estimate of drug-likeness (QED) is 0.364. The smallest absolute Gasteiger partial charge is 0.197 e. The molecule has 0 atom stereocenters. The molecule has 0 fully saturated rings. The van der Waals surface area contributed by atoms with Crippen molar-refractivity contribution in [3.05, 3.63) is 63.1 Å². The average Bonchev–Trinajstić information content (AvgIpc) is 3.20. The molecule has 0 saturated carbocycles. The highest BCUT2D eigenvalue weighted by Crippen LogP contribution is 2.33. The lowest BCUT2D eigenvalue weighted by Crippen LogP contribution is -1.99. The van der Waals surface area contributed by atoms with E-state index >= 15 is 0 Å². The van der Waals surface area contributed by atoms with Crippen LogP contribution in [0.25, 0.3) is 26.5 Å². The minimum absolute atomic E-state index is 0.184. The summed E-state index contributed by atoms with van der Waals surface area (Å²) in [7, 11) is 0. The molecule has 0 amide bonds. The Kier molecular flexibility index (Phi) is 3.01. The maximum atomic E-state index is 12.7. The van der Waals surface area contributed by atoms with Crippen LogP contribution in [0.2, 0.25) is 0 Å². The summed E-state index contributed by atoms with van der Waals surface area (Å²) in [5, 5.41) is 3.51. The average molecular weight is 362 g/mol. The molecule has 0 saturated heterocycles. The fourth-order valence-corrected chi connectivity index (χ4v) is 4.97. The fourth-order valence-electron chi connectivity index (χ4n) is 3.08. The number of allylic oxidation sites excluding steroid dienone is 1.